The number of hydrogen-bond acceptors (Lipinski definition) is 5. The van der Waals surface area contributed by atoms with Crippen molar-refractivity contribution in [1.82, 2.24) is 4.98 Å². The van der Waals surface area contributed by atoms with E-state index in [-0.39, 0.29) is 12.3 Å². The Morgan fingerprint density at radius 1 is 1.08 bits per heavy atom. The average molecular weight is 368 g/mol. The summed E-state index contributed by atoms with van der Waals surface area (Å²) < 4.78 is 10.5. The highest BCUT2D eigenvalue weighted by atomic mass is 32.1. The van der Waals surface area contributed by atoms with Crippen molar-refractivity contribution in [3.63, 3.8) is 0 Å². The second-order valence-electron chi connectivity index (χ2n) is 5.68. The van der Waals surface area contributed by atoms with E-state index in [1.54, 1.807) is 49.6 Å². The fourth-order valence-corrected chi connectivity index (χ4v) is 3.38. The van der Waals surface area contributed by atoms with Gasteiger partial charge in [-0.3, -0.25) is 4.79 Å². The molecule has 0 unspecified atom stereocenters. The van der Waals surface area contributed by atoms with Crippen molar-refractivity contribution in [3.8, 4) is 22.1 Å². The Morgan fingerprint density at radius 2 is 1.81 bits per heavy atom. The first-order valence-electron chi connectivity index (χ1n) is 8.10. The van der Waals surface area contributed by atoms with Crippen molar-refractivity contribution in [1.29, 1.82) is 0 Å². The lowest BCUT2D eigenvalue weighted by atomic mass is 10.2. The molecule has 0 atom stereocenters. The number of rotatable bonds is 6. The molecule has 0 spiro atoms. The van der Waals surface area contributed by atoms with E-state index in [1.807, 2.05) is 41.8 Å². The summed E-state index contributed by atoms with van der Waals surface area (Å²) in [4.78, 5) is 18.8. The van der Waals surface area contributed by atoms with Gasteiger partial charge in [0.25, 0.3) is 0 Å². The Kier molecular flexibility index (Phi) is 5.53. The highest BCUT2D eigenvalue weighted by Gasteiger charge is 2.16. The van der Waals surface area contributed by atoms with Gasteiger partial charge >= 0.3 is 0 Å². The molecule has 1 amide bonds. The first-order valence-corrected chi connectivity index (χ1v) is 8.98. The summed E-state index contributed by atoms with van der Waals surface area (Å²) in [7, 11) is 4.90. The molecule has 0 aliphatic heterocycles. The monoisotopic (exact) mass is 368 g/mol. The quantitative estimate of drug-likeness (QED) is 0.659. The third-order valence-corrected chi connectivity index (χ3v) is 4.97. The fourth-order valence-electron chi connectivity index (χ4n) is 2.55. The summed E-state index contributed by atoms with van der Waals surface area (Å²) in [6, 6.07) is 15.4. The molecule has 134 valence electrons. The molecule has 0 saturated carbocycles. The van der Waals surface area contributed by atoms with Gasteiger partial charge in [-0.1, -0.05) is 30.3 Å². The van der Waals surface area contributed by atoms with E-state index in [4.69, 9.17) is 9.47 Å². The molecule has 0 aliphatic carbocycles. The minimum absolute atomic E-state index is 0.0397. The molecule has 26 heavy (non-hydrogen) atoms. The number of aromatic nitrogens is 1. The third kappa shape index (κ3) is 3.86. The van der Waals surface area contributed by atoms with Gasteiger partial charge in [0.2, 0.25) is 5.91 Å². The van der Waals surface area contributed by atoms with Gasteiger partial charge in [0.1, 0.15) is 5.01 Å². The maximum atomic E-state index is 12.6. The highest BCUT2D eigenvalue weighted by molar-refractivity contribution is 7.13. The highest BCUT2D eigenvalue weighted by Crippen LogP contribution is 2.31. The molecule has 1 aromatic heterocycles. The van der Waals surface area contributed by atoms with Crippen LogP contribution in [0.1, 0.15) is 5.69 Å². The average Bonchev–Trinajstić information content (AvgIpc) is 3.16. The van der Waals surface area contributed by atoms with Crippen LogP contribution in [-0.4, -0.2) is 32.2 Å². The number of ether oxygens (including phenoxy) is 2. The van der Waals surface area contributed by atoms with Crippen molar-refractivity contribution < 1.29 is 14.3 Å². The zero-order valence-electron chi connectivity index (χ0n) is 14.9. The van der Waals surface area contributed by atoms with Gasteiger partial charge in [-0.15, -0.1) is 11.3 Å². The molecule has 0 N–H and O–H groups in total. The summed E-state index contributed by atoms with van der Waals surface area (Å²) >= 11 is 1.54. The van der Waals surface area contributed by atoms with Crippen LogP contribution in [0.25, 0.3) is 10.6 Å². The Labute approximate surface area is 156 Å². The van der Waals surface area contributed by atoms with Crippen molar-refractivity contribution in [2.45, 2.75) is 6.42 Å². The minimum atomic E-state index is -0.0397. The molecule has 0 bridgehead atoms. The van der Waals surface area contributed by atoms with Crippen LogP contribution < -0.4 is 14.4 Å². The van der Waals surface area contributed by atoms with Gasteiger partial charge in [-0.25, -0.2) is 4.98 Å². The number of amides is 1. The lowest BCUT2D eigenvalue weighted by Crippen LogP contribution is -2.27. The predicted octanol–water partition coefficient (Wildman–Crippen LogP) is 4.03. The van der Waals surface area contributed by atoms with E-state index in [9.17, 15) is 4.79 Å². The van der Waals surface area contributed by atoms with Gasteiger partial charge in [0.15, 0.2) is 11.5 Å². The maximum Gasteiger partial charge on any atom is 0.232 e. The van der Waals surface area contributed by atoms with Crippen LogP contribution in [0.5, 0.6) is 11.5 Å². The van der Waals surface area contributed by atoms with E-state index in [0.29, 0.717) is 11.5 Å². The van der Waals surface area contributed by atoms with Gasteiger partial charge in [-0.05, 0) is 12.1 Å². The Balaban J connectivity index is 1.73. The largest absolute Gasteiger partial charge is 0.493 e. The van der Waals surface area contributed by atoms with Crippen LogP contribution in [0.2, 0.25) is 0 Å². The maximum absolute atomic E-state index is 12.6. The van der Waals surface area contributed by atoms with Gasteiger partial charge < -0.3 is 14.4 Å². The van der Waals surface area contributed by atoms with Gasteiger partial charge in [0, 0.05) is 29.7 Å². The number of carbonyl (C=O) groups is 1. The van der Waals surface area contributed by atoms with Crippen molar-refractivity contribution in [2.75, 3.05) is 26.2 Å². The number of anilines is 1. The number of nitrogens with zero attached hydrogens (tertiary/aromatic N) is 2. The summed E-state index contributed by atoms with van der Waals surface area (Å²) in [5.41, 5.74) is 2.57. The van der Waals surface area contributed by atoms with Crippen molar-refractivity contribution >= 4 is 22.9 Å². The van der Waals surface area contributed by atoms with Gasteiger partial charge in [-0.2, -0.15) is 0 Å². The molecule has 0 radical (unpaired) electrons. The molecule has 3 aromatic rings. The molecule has 6 heteroatoms. The number of thiazole rings is 1. The Hall–Kier alpha value is -2.86. The topological polar surface area (TPSA) is 51.7 Å². The predicted molar refractivity (Wildman–Crippen MR) is 104 cm³/mol. The van der Waals surface area contributed by atoms with Crippen LogP contribution in [0.4, 0.5) is 5.69 Å². The van der Waals surface area contributed by atoms with E-state index >= 15 is 0 Å². The summed E-state index contributed by atoms with van der Waals surface area (Å²) in [6.45, 7) is 0. The molecule has 2 aromatic carbocycles. The summed E-state index contributed by atoms with van der Waals surface area (Å²) in [5, 5.41) is 2.85. The van der Waals surface area contributed by atoms with E-state index in [2.05, 4.69) is 4.98 Å². The SMILES string of the molecule is COc1ccc(N(C)C(=O)Cc2csc(-c3ccccc3)n2)cc1OC. The standard InChI is InChI=1S/C20H20N2O3S/c1-22(16-9-10-17(24-2)18(12-16)25-3)19(23)11-15-13-26-20(21-15)14-7-5-4-6-8-14/h4-10,12-13H,11H2,1-3H3. The zero-order valence-corrected chi connectivity index (χ0v) is 15.7. The van der Waals surface area contributed by atoms with Crippen LogP contribution in [0.3, 0.4) is 0 Å². The first kappa shape index (κ1) is 17.9. The molecular formula is C20H20N2O3S. The number of methoxy groups -OCH3 is 2. The van der Waals surface area contributed by atoms with Crippen molar-refractivity contribution in [2.24, 2.45) is 0 Å². The van der Waals surface area contributed by atoms with Crippen LogP contribution in [-0.2, 0) is 11.2 Å². The van der Waals surface area contributed by atoms with Crippen LogP contribution >= 0.6 is 11.3 Å². The van der Waals surface area contributed by atoms with Crippen LogP contribution in [0, 0.1) is 0 Å². The molecule has 0 saturated heterocycles. The Morgan fingerprint density at radius 3 is 2.50 bits per heavy atom. The molecular weight excluding hydrogens is 348 g/mol. The molecule has 3 rings (SSSR count). The van der Waals surface area contributed by atoms with E-state index in [1.165, 1.54) is 0 Å². The fraction of sp³-hybridized carbons (Fsp3) is 0.200. The number of benzene rings is 2. The lowest BCUT2D eigenvalue weighted by Gasteiger charge is -2.18. The Bertz CT molecular complexity index is 893. The van der Waals surface area contributed by atoms with Crippen molar-refractivity contribution in [3.05, 3.63) is 59.6 Å². The summed E-state index contributed by atoms with van der Waals surface area (Å²) in [5.74, 6) is 1.18. The summed E-state index contributed by atoms with van der Waals surface area (Å²) in [6.07, 6.45) is 0.244. The molecule has 1 heterocycles. The molecule has 0 fully saturated rings. The molecule has 0 aliphatic rings. The number of hydrogen-bond donors (Lipinski definition) is 0. The normalized spacial score (nSPS) is 10.4. The minimum Gasteiger partial charge on any atom is -0.493 e. The first-order chi connectivity index (χ1) is 12.6. The number of carbonyl (C=O) groups excluding carboxylic acids is 1. The second kappa shape index (κ2) is 8.01. The smallest absolute Gasteiger partial charge is 0.232 e. The van der Waals surface area contributed by atoms with E-state index in [0.717, 1.165) is 22.0 Å². The number of likely N-dealkylation sites (N-methyl/N-ethyl adjacent to an activating group) is 1. The second-order valence-corrected chi connectivity index (χ2v) is 6.54. The van der Waals surface area contributed by atoms with Gasteiger partial charge in [0.05, 0.1) is 26.3 Å². The zero-order chi connectivity index (χ0) is 18.5. The third-order valence-electron chi connectivity index (χ3n) is 4.03. The van der Waals surface area contributed by atoms with E-state index < -0.39 is 0 Å². The lowest BCUT2D eigenvalue weighted by molar-refractivity contribution is -0.117. The molecule has 5 nitrogen and oxygen atoms in total. The van der Waals surface area contributed by atoms with Crippen LogP contribution in [0.15, 0.2) is 53.9 Å².